The average Bonchev–Trinajstić information content (AvgIpc) is 2.37. The topological polar surface area (TPSA) is 40.5 Å². The highest BCUT2D eigenvalue weighted by molar-refractivity contribution is 5.68. The van der Waals surface area contributed by atoms with E-state index in [9.17, 15) is 10.2 Å². The monoisotopic (exact) mass is 240 g/mol. The van der Waals surface area contributed by atoms with E-state index in [1.165, 1.54) is 36.5 Å². The summed E-state index contributed by atoms with van der Waals surface area (Å²) in [6.45, 7) is 0. The van der Waals surface area contributed by atoms with Gasteiger partial charge in [-0.3, -0.25) is 0 Å². The van der Waals surface area contributed by atoms with Gasteiger partial charge in [0.25, 0.3) is 0 Å². The van der Waals surface area contributed by atoms with E-state index in [4.69, 9.17) is 0 Å². The predicted molar refractivity (Wildman–Crippen MR) is 71.8 cm³/mol. The maximum atomic E-state index is 9.53. The average molecular weight is 240 g/mol. The summed E-state index contributed by atoms with van der Waals surface area (Å²) in [6.07, 6.45) is 4.83. The van der Waals surface area contributed by atoms with E-state index in [0.29, 0.717) is 0 Å². The second-order valence-electron chi connectivity index (χ2n) is 4.93. The third-order valence-corrected chi connectivity index (χ3v) is 3.58. The molecule has 0 atom stereocenters. The first-order valence-electron chi connectivity index (χ1n) is 6.37. The van der Waals surface area contributed by atoms with E-state index >= 15 is 0 Å². The Bertz CT molecular complexity index is 567. The molecule has 0 aliphatic heterocycles. The fraction of sp³-hybridized carbons (Fsp3) is 0.250. The molecule has 2 N–H and O–H groups in total. The Morgan fingerprint density at radius 2 is 1.33 bits per heavy atom. The molecule has 0 bridgehead atoms. The van der Waals surface area contributed by atoms with E-state index in [1.807, 2.05) is 0 Å². The van der Waals surface area contributed by atoms with Gasteiger partial charge < -0.3 is 10.2 Å². The van der Waals surface area contributed by atoms with Crippen LogP contribution in [0.25, 0.3) is 11.1 Å². The Kier molecular flexibility index (Phi) is 2.71. The van der Waals surface area contributed by atoms with Gasteiger partial charge in [-0.25, -0.2) is 0 Å². The highest BCUT2D eigenvalue weighted by Gasteiger charge is 2.10. The van der Waals surface area contributed by atoms with Gasteiger partial charge in [-0.15, -0.1) is 0 Å². The van der Waals surface area contributed by atoms with Crippen LogP contribution in [0.1, 0.15) is 24.0 Å². The Labute approximate surface area is 107 Å². The quantitative estimate of drug-likeness (QED) is 0.798. The SMILES string of the molecule is Oc1cc(O)cc(-c2ccc3c(c2)CCCC3)c1. The summed E-state index contributed by atoms with van der Waals surface area (Å²) in [4.78, 5) is 0. The van der Waals surface area contributed by atoms with E-state index in [-0.39, 0.29) is 11.5 Å². The number of rotatable bonds is 1. The predicted octanol–water partition coefficient (Wildman–Crippen LogP) is 3.64. The molecule has 0 unspecified atom stereocenters. The zero-order chi connectivity index (χ0) is 12.5. The highest BCUT2D eigenvalue weighted by Crippen LogP contribution is 2.31. The van der Waals surface area contributed by atoms with Crippen molar-refractivity contribution >= 4 is 0 Å². The number of aromatic hydroxyl groups is 2. The van der Waals surface area contributed by atoms with Crippen LogP contribution in [0.5, 0.6) is 11.5 Å². The number of hydrogen-bond acceptors (Lipinski definition) is 2. The molecule has 0 fully saturated rings. The Morgan fingerprint density at radius 3 is 2.06 bits per heavy atom. The van der Waals surface area contributed by atoms with E-state index < -0.39 is 0 Å². The van der Waals surface area contributed by atoms with Crippen LogP contribution in [0.3, 0.4) is 0 Å². The van der Waals surface area contributed by atoms with E-state index in [1.54, 1.807) is 12.1 Å². The molecule has 1 aliphatic rings. The van der Waals surface area contributed by atoms with Gasteiger partial charge in [-0.05, 0) is 60.1 Å². The van der Waals surface area contributed by atoms with Crippen LogP contribution in [-0.4, -0.2) is 10.2 Å². The van der Waals surface area contributed by atoms with Crippen molar-refractivity contribution in [3.8, 4) is 22.6 Å². The van der Waals surface area contributed by atoms with Crippen LogP contribution in [0.15, 0.2) is 36.4 Å². The minimum Gasteiger partial charge on any atom is -0.508 e. The second-order valence-corrected chi connectivity index (χ2v) is 4.93. The van der Waals surface area contributed by atoms with Gasteiger partial charge in [-0.2, -0.15) is 0 Å². The van der Waals surface area contributed by atoms with Crippen LogP contribution in [0.4, 0.5) is 0 Å². The van der Waals surface area contributed by atoms with Gasteiger partial charge in [0, 0.05) is 6.07 Å². The number of phenols is 2. The van der Waals surface area contributed by atoms with Crippen LogP contribution < -0.4 is 0 Å². The minimum atomic E-state index is 0.0997. The standard InChI is InChI=1S/C16H16O2/c17-15-8-14(9-16(18)10-15)13-6-5-11-3-1-2-4-12(11)7-13/h5-10,17-18H,1-4H2. The Morgan fingerprint density at radius 1 is 0.667 bits per heavy atom. The van der Waals surface area contributed by atoms with Crippen molar-refractivity contribution in [2.24, 2.45) is 0 Å². The Hall–Kier alpha value is -1.96. The van der Waals surface area contributed by atoms with Crippen molar-refractivity contribution in [3.63, 3.8) is 0 Å². The van der Waals surface area contributed by atoms with Crippen molar-refractivity contribution in [2.45, 2.75) is 25.7 Å². The van der Waals surface area contributed by atoms with Gasteiger partial charge in [0.15, 0.2) is 0 Å². The van der Waals surface area contributed by atoms with Crippen molar-refractivity contribution in [1.29, 1.82) is 0 Å². The lowest BCUT2D eigenvalue weighted by Gasteiger charge is -2.16. The maximum Gasteiger partial charge on any atom is 0.119 e. The highest BCUT2D eigenvalue weighted by atomic mass is 16.3. The molecular formula is C16H16O2. The first-order valence-corrected chi connectivity index (χ1v) is 6.37. The van der Waals surface area contributed by atoms with Gasteiger partial charge in [0.2, 0.25) is 0 Å². The third-order valence-electron chi connectivity index (χ3n) is 3.58. The zero-order valence-electron chi connectivity index (χ0n) is 10.2. The van der Waals surface area contributed by atoms with Gasteiger partial charge in [0.1, 0.15) is 11.5 Å². The van der Waals surface area contributed by atoms with Crippen LogP contribution >= 0.6 is 0 Å². The molecule has 92 valence electrons. The first kappa shape index (κ1) is 11.1. The molecule has 18 heavy (non-hydrogen) atoms. The van der Waals surface area contributed by atoms with E-state index in [2.05, 4.69) is 18.2 Å². The van der Waals surface area contributed by atoms with Crippen molar-refractivity contribution < 1.29 is 10.2 Å². The summed E-state index contributed by atoms with van der Waals surface area (Å²) in [6, 6.07) is 11.1. The molecule has 0 heterocycles. The molecule has 2 aromatic carbocycles. The molecule has 2 nitrogen and oxygen atoms in total. The maximum absolute atomic E-state index is 9.53. The lowest BCUT2D eigenvalue weighted by molar-refractivity contribution is 0.451. The first-order chi connectivity index (χ1) is 8.72. The molecular weight excluding hydrogens is 224 g/mol. The van der Waals surface area contributed by atoms with Crippen molar-refractivity contribution in [2.75, 3.05) is 0 Å². The number of aryl methyl sites for hydroxylation is 2. The second kappa shape index (κ2) is 4.37. The van der Waals surface area contributed by atoms with Crippen LogP contribution in [-0.2, 0) is 12.8 Å². The minimum absolute atomic E-state index is 0.0997. The third kappa shape index (κ3) is 2.06. The fourth-order valence-corrected chi connectivity index (χ4v) is 2.67. The molecule has 0 saturated heterocycles. The molecule has 0 aromatic heterocycles. The molecule has 3 rings (SSSR count). The van der Waals surface area contributed by atoms with Crippen LogP contribution in [0, 0.1) is 0 Å². The molecule has 0 amide bonds. The molecule has 2 heteroatoms. The largest absolute Gasteiger partial charge is 0.508 e. The number of phenolic OH excluding ortho intramolecular Hbond substituents is 2. The molecule has 0 spiro atoms. The molecule has 0 saturated carbocycles. The smallest absolute Gasteiger partial charge is 0.119 e. The van der Waals surface area contributed by atoms with E-state index in [0.717, 1.165) is 17.5 Å². The molecule has 1 aliphatic carbocycles. The summed E-state index contributed by atoms with van der Waals surface area (Å²) in [5.74, 6) is 0.199. The summed E-state index contributed by atoms with van der Waals surface area (Å²) in [7, 11) is 0. The number of fused-ring (bicyclic) bond motifs is 1. The number of benzene rings is 2. The van der Waals surface area contributed by atoms with Gasteiger partial charge >= 0.3 is 0 Å². The summed E-state index contributed by atoms with van der Waals surface area (Å²) in [5, 5.41) is 19.1. The summed E-state index contributed by atoms with van der Waals surface area (Å²) in [5.41, 5.74) is 4.76. The molecule has 0 radical (unpaired) electrons. The fourth-order valence-electron chi connectivity index (χ4n) is 2.67. The Balaban J connectivity index is 2.06. The zero-order valence-corrected chi connectivity index (χ0v) is 10.2. The van der Waals surface area contributed by atoms with Crippen molar-refractivity contribution in [3.05, 3.63) is 47.5 Å². The summed E-state index contributed by atoms with van der Waals surface area (Å²) >= 11 is 0. The van der Waals surface area contributed by atoms with Gasteiger partial charge in [-0.1, -0.05) is 18.2 Å². The lowest BCUT2D eigenvalue weighted by atomic mass is 9.89. The van der Waals surface area contributed by atoms with Gasteiger partial charge in [0.05, 0.1) is 0 Å². The summed E-state index contributed by atoms with van der Waals surface area (Å²) < 4.78 is 0. The molecule has 2 aromatic rings. The van der Waals surface area contributed by atoms with Crippen molar-refractivity contribution in [1.82, 2.24) is 0 Å². The lowest BCUT2D eigenvalue weighted by Crippen LogP contribution is -2.02. The van der Waals surface area contributed by atoms with Crippen LogP contribution in [0.2, 0.25) is 0 Å². The normalized spacial score (nSPS) is 14.2. The number of hydrogen-bond donors (Lipinski definition) is 2.